The lowest BCUT2D eigenvalue weighted by Gasteiger charge is -2.10. The Hall–Kier alpha value is -2.90. The van der Waals surface area contributed by atoms with Crippen LogP contribution in [0.5, 0.6) is 0 Å². The summed E-state index contributed by atoms with van der Waals surface area (Å²) in [5, 5.41) is 0.998. The summed E-state index contributed by atoms with van der Waals surface area (Å²) >= 11 is 11.1. The van der Waals surface area contributed by atoms with Crippen LogP contribution in [0.4, 0.5) is 5.69 Å². The van der Waals surface area contributed by atoms with Crippen molar-refractivity contribution < 1.29 is 4.79 Å². The van der Waals surface area contributed by atoms with Crippen molar-refractivity contribution in [3.8, 4) is 0 Å². The second-order valence-corrected chi connectivity index (χ2v) is 6.31. The van der Waals surface area contributed by atoms with E-state index in [0.717, 1.165) is 0 Å². The zero-order valence-corrected chi connectivity index (χ0v) is 15.2. The van der Waals surface area contributed by atoms with Crippen molar-refractivity contribution in [3.63, 3.8) is 0 Å². The van der Waals surface area contributed by atoms with Crippen molar-refractivity contribution in [3.05, 3.63) is 80.8 Å². The van der Waals surface area contributed by atoms with Crippen LogP contribution in [0.25, 0.3) is 10.9 Å². The number of allylic oxidation sites excluding steroid dienone is 1. The number of rotatable bonds is 5. The maximum Gasteiger partial charge on any atom is 0.269 e. The quantitative estimate of drug-likeness (QED) is 0.355. The summed E-state index contributed by atoms with van der Waals surface area (Å²) in [6.07, 6.45) is 1.60. The minimum atomic E-state index is -0.360. The number of fused-ring (bicyclic) bond motifs is 1. The number of halogens is 1. The normalized spacial score (nSPS) is 10.5. The number of hydrogen-bond donors (Lipinski definition) is 3. The third-order valence-electron chi connectivity index (χ3n) is 3.70. The Bertz CT molecular complexity index is 1120. The van der Waals surface area contributed by atoms with Crippen molar-refractivity contribution >= 4 is 46.3 Å². The third-order valence-corrected chi connectivity index (χ3v) is 4.26. The van der Waals surface area contributed by atoms with Crippen LogP contribution >= 0.6 is 23.8 Å². The van der Waals surface area contributed by atoms with Crippen molar-refractivity contribution in [1.29, 1.82) is 0 Å². The summed E-state index contributed by atoms with van der Waals surface area (Å²) in [6, 6.07) is 11.7. The average Bonchev–Trinajstić information content (AvgIpc) is 2.62. The molecule has 1 amide bonds. The molecule has 0 atom stereocenters. The number of carbonyl (C=O) groups excluding carboxylic acids is 1. The predicted molar refractivity (Wildman–Crippen MR) is 106 cm³/mol. The van der Waals surface area contributed by atoms with E-state index in [1.807, 2.05) is 0 Å². The molecular weight excluding hydrogens is 372 g/mol. The smallest absolute Gasteiger partial charge is 0.269 e. The van der Waals surface area contributed by atoms with Gasteiger partial charge in [0.15, 0.2) is 4.77 Å². The van der Waals surface area contributed by atoms with Gasteiger partial charge in [0.05, 0.1) is 16.6 Å². The molecule has 0 aliphatic rings. The zero-order valence-electron chi connectivity index (χ0n) is 13.6. The number of nitrogens with one attached hydrogen (secondary N) is 3. The number of nitrogens with zero attached hydrogens (tertiary/aromatic N) is 1. The average molecular weight is 387 g/mol. The van der Waals surface area contributed by atoms with Crippen LogP contribution in [0.1, 0.15) is 10.4 Å². The lowest BCUT2D eigenvalue weighted by molar-refractivity contribution is 0.0963. The molecule has 1 heterocycles. The molecule has 132 valence electrons. The molecule has 6 nitrogen and oxygen atoms in total. The van der Waals surface area contributed by atoms with E-state index in [-0.39, 0.29) is 16.2 Å². The number of carbonyl (C=O) groups is 1. The molecule has 3 N–H and O–H groups in total. The Morgan fingerprint density at radius 2 is 2.12 bits per heavy atom. The molecule has 1 aromatic heterocycles. The number of hydrogen-bond acceptors (Lipinski definition) is 4. The Morgan fingerprint density at radius 1 is 1.31 bits per heavy atom. The fourth-order valence-electron chi connectivity index (χ4n) is 2.46. The van der Waals surface area contributed by atoms with Gasteiger partial charge in [-0.3, -0.25) is 25.0 Å². The molecule has 0 radical (unpaired) electrons. The van der Waals surface area contributed by atoms with E-state index in [0.29, 0.717) is 33.7 Å². The van der Waals surface area contributed by atoms with Crippen LogP contribution in [0.2, 0.25) is 5.02 Å². The topological polar surface area (TPSA) is 78.9 Å². The molecule has 8 heteroatoms. The number of benzene rings is 2. The monoisotopic (exact) mass is 386 g/mol. The highest BCUT2D eigenvalue weighted by Gasteiger charge is 2.10. The molecule has 0 aliphatic heterocycles. The summed E-state index contributed by atoms with van der Waals surface area (Å²) in [6.45, 7) is 3.93. The first-order valence-electron chi connectivity index (χ1n) is 7.69. The lowest BCUT2D eigenvalue weighted by Crippen LogP contribution is -2.29. The van der Waals surface area contributed by atoms with Gasteiger partial charge in [-0.2, -0.15) is 0 Å². The predicted octanol–water partition coefficient (Wildman–Crippen LogP) is 3.66. The molecular formula is C18H15ClN4O2S. The van der Waals surface area contributed by atoms with Gasteiger partial charge in [0.25, 0.3) is 11.5 Å². The van der Waals surface area contributed by atoms with Crippen LogP contribution in [-0.4, -0.2) is 15.5 Å². The lowest BCUT2D eigenvalue weighted by atomic mass is 10.1. The number of amides is 1. The van der Waals surface area contributed by atoms with Crippen LogP contribution in [0, 0.1) is 4.77 Å². The Balaban J connectivity index is 1.87. The minimum Gasteiger partial charge on any atom is -0.332 e. The van der Waals surface area contributed by atoms with Gasteiger partial charge in [-0.1, -0.05) is 23.7 Å². The van der Waals surface area contributed by atoms with Gasteiger partial charge in [0.2, 0.25) is 0 Å². The van der Waals surface area contributed by atoms with Crippen molar-refractivity contribution in [2.75, 3.05) is 5.43 Å². The first-order valence-corrected chi connectivity index (χ1v) is 8.48. The van der Waals surface area contributed by atoms with E-state index in [1.54, 1.807) is 48.5 Å². The molecule has 0 saturated heterocycles. The summed E-state index contributed by atoms with van der Waals surface area (Å²) in [4.78, 5) is 27.8. The molecule has 0 fully saturated rings. The van der Waals surface area contributed by atoms with Gasteiger partial charge in [-0.05, 0) is 48.6 Å². The standard InChI is InChI=1S/C18H15ClN4O2S/c1-2-8-23-17(25)14-7-6-11(9-15(14)20-18(23)26)16(24)22-21-13-5-3-4-12(19)10-13/h2-7,9-10,21H,1,8H2,(H,20,26)(H,22,24). The van der Waals surface area contributed by atoms with E-state index in [2.05, 4.69) is 22.4 Å². The summed E-state index contributed by atoms with van der Waals surface area (Å²) in [5.74, 6) is -0.360. The fourth-order valence-corrected chi connectivity index (χ4v) is 2.92. The number of aromatic nitrogens is 2. The Kier molecular flexibility index (Phi) is 5.20. The first kappa shape index (κ1) is 17.9. The molecule has 0 saturated carbocycles. The molecule has 0 unspecified atom stereocenters. The van der Waals surface area contributed by atoms with Gasteiger partial charge in [0, 0.05) is 17.1 Å². The maximum atomic E-state index is 12.5. The Labute approximate surface area is 159 Å². The van der Waals surface area contributed by atoms with Crippen LogP contribution in [0.3, 0.4) is 0 Å². The number of anilines is 1. The van der Waals surface area contributed by atoms with Crippen molar-refractivity contribution in [2.24, 2.45) is 0 Å². The number of H-pyrrole nitrogens is 1. The molecule has 0 spiro atoms. The van der Waals surface area contributed by atoms with Crippen LogP contribution in [-0.2, 0) is 6.54 Å². The summed E-state index contributed by atoms with van der Waals surface area (Å²) in [7, 11) is 0. The van der Waals surface area contributed by atoms with Gasteiger partial charge in [-0.15, -0.1) is 6.58 Å². The van der Waals surface area contributed by atoms with Gasteiger partial charge >= 0.3 is 0 Å². The SMILES string of the molecule is C=CCn1c(=S)[nH]c2cc(C(=O)NNc3cccc(Cl)c3)ccc2c1=O. The zero-order chi connectivity index (χ0) is 18.7. The van der Waals surface area contributed by atoms with E-state index < -0.39 is 0 Å². The van der Waals surface area contributed by atoms with Gasteiger partial charge in [-0.25, -0.2) is 0 Å². The highest BCUT2D eigenvalue weighted by atomic mass is 35.5. The molecule has 0 bridgehead atoms. The molecule has 26 heavy (non-hydrogen) atoms. The van der Waals surface area contributed by atoms with E-state index >= 15 is 0 Å². The summed E-state index contributed by atoms with van der Waals surface area (Å²) < 4.78 is 1.68. The van der Waals surface area contributed by atoms with Crippen molar-refractivity contribution in [1.82, 2.24) is 15.0 Å². The molecule has 2 aromatic carbocycles. The Morgan fingerprint density at radius 3 is 2.85 bits per heavy atom. The highest BCUT2D eigenvalue weighted by molar-refractivity contribution is 7.71. The molecule has 3 aromatic rings. The second kappa shape index (κ2) is 7.55. The maximum absolute atomic E-state index is 12.5. The largest absolute Gasteiger partial charge is 0.332 e. The summed E-state index contributed by atoms with van der Waals surface area (Å²) in [5.41, 5.74) is 6.66. The molecule has 0 aliphatic carbocycles. The third kappa shape index (κ3) is 3.68. The van der Waals surface area contributed by atoms with E-state index in [9.17, 15) is 9.59 Å². The fraction of sp³-hybridized carbons (Fsp3) is 0.0556. The minimum absolute atomic E-state index is 0.229. The van der Waals surface area contributed by atoms with E-state index in [1.165, 1.54) is 4.57 Å². The van der Waals surface area contributed by atoms with E-state index in [4.69, 9.17) is 23.8 Å². The van der Waals surface area contributed by atoms with Crippen LogP contribution < -0.4 is 16.4 Å². The van der Waals surface area contributed by atoms with Crippen LogP contribution in [0.15, 0.2) is 59.9 Å². The van der Waals surface area contributed by atoms with Gasteiger partial charge in [0.1, 0.15) is 0 Å². The molecule has 3 rings (SSSR count). The number of aromatic amines is 1. The van der Waals surface area contributed by atoms with Gasteiger partial charge < -0.3 is 4.98 Å². The number of hydrazine groups is 1. The first-order chi connectivity index (χ1) is 12.5. The van der Waals surface area contributed by atoms with Crippen molar-refractivity contribution in [2.45, 2.75) is 6.54 Å². The highest BCUT2D eigenvalue weighted by Crippen LogP contribution is 2.14. The second-order valence-electron chi connectivity index (χ2n) is 5.48.